The number of halogens is 1. The maximum atomic E-state index is 13.1. The zero-order valence-electron chi connectivity index (χ0n) is 10.5. The SMILES string of the molecule is CSc1cc(F)ccc1C(=O)/C=C/c1ccccc1. The highest BCUT2D eigenvalue weighted by Crippen LogP contribution is 2.22. The highest BCUT2D eigenvalue weighted by Gasteiger charge is 2.09. The van der Waals surface area contributed by atoms with Crippen molar-refractivity contribution in [3.63, 3.8) is 0 Å². The molecule has 0 aliphatic carbocycles. The fourth-order valence-corrected chi connectivity index (χ4v) is 2.31. The fraction of sp³-hybridized carbons (Fsp3) is 0.0625. The van der Waals surface area contributed by atoms with Crippen LogP contribution in [0.4, 0.5) is 4.39 Å². The van der Waals surface area contributed by atoms with Crippen LogP contribution in [0.5, 0.6) is 0 Å². The minimum absolute atomic E-state index is 0.117. The average Bonchev–Trinajstić information content (AvgIpc) is 2.45. The Hall–Kier alpha value is -1.87. The first-order valence-electron chi connectivity index (χ1n) is 5.81. The molecule has 96 valence electrons. The van der Waals surface area contributed by atoms with Crippen LogP contribution < -0.4 is 0 Å². The van der Waals surface area contributed by atoms with Gasteiger partial charge in [-0.2, -0.15) is 0 Å². The van der Waals surface area contributed by atoms with Gasteiger partial charge in [-0.05, 0) is 36.1 Å². The van der Waals surface area contributed by atoms with E-state index in [1.165, 1.54) is 36.0 Å². The first kappa shape index (κ1) is 13.6. The normalized spacial score (nSPS) is 10.8. The van der Waals surface area contributed by atoms with Crippen LogP contribution in [0.25, 0.3) is 6.08 Å². The topological polar surface area (TPSA) is 17.1 Å². The summed E-state index contributed by atoms with van der Waals surface area (Å²) < 4.78 is 13.1. The van der Waals surface area contributed by atoms with Crippen LogP contribution >= 0.6 is 11.8 Å². The van der Waals surface area contributed by atoms with Gasteiger partial charge in [0.1, 0.15) is 5.82 Å². The van der Waals surface area contributed by atoms with Crippen LogP contribution in [0.2, 0.25) is 0 Å². The van der Waals surface area contributed by atoms with Crippen LogP contribution in [-0.2, 0) is 0 Å². The van der Waals surface area contributed by atoms with E-state index in [4.69, 9.17) is 0 Å². The van der Waals surface area contributed by atoms with E-state index in [2.05, 4.69) is 0 Å². The van der Waals surface area contributed by atoms with Crippen LogP contribution in [0.15, 0.2) is 59.5 Å². The third kappa shape index (κ3) is 3.55. The number of hydrogen-bond donors (Lipinski definition) is 0. The monoisotopic (exact) mass is 272 g/mol. The molecule has 3 heteroatoms. The molecule has 19 heavy (non-hydrogen) atoms. The first-order valence-corrected chi connectivity index (χ1v) is 7.04. The second-order valence-corrected chi connectivity index (χ2v) is 4.80. The Morgan fingerprint density at radius 1 is 1.16 bits per heavy atom. The Morgan fingerprint density at radius 3 is 2.58 bits per heavy atom. The summed E-state index contributed by atoms with van der Waals surface area (Å²) in [5.41, 5.74) is 1.49. The number of rotatable bonds is 4. The summed E-state index contributed by atoms with van der Waals surface area (Å²) in [5.74, 6) is -0.443. The molecule has 1 nitrogen and oxygen atoms in total. The third-order valence-corrected chi connectivity index (χ3v) is 3.43. The molecule has 2 rings (SSSR count). The lowest BCUT2D eigenvalue weighted by Crippen LogP contribution is -1.97. The van der Waals surface area contributed by atoms with Crippen molar-refractivity contribution < 1.29 is 9.18 Å². The van der Waals surface area contributed by atoms with E-state index in [-0.39, 0.29) is 11.6 Å². The maximum absolute atomic E-state index is 13.1. The summed E-state index contributed by atoms with van der Waals surface area (Å²) in [7, 11) is 0. The molecule has 2 aromatic rings. The Morgan fingerprint density at radius 2 is 1.89 bits per heavy atom. The smallest absolute Gasteiger partial charge is 0.186 e. The van der Waals surface area contributed by atoms with Crippen molar-refractivity contribution in [2.24, 2.45) is 0 Å². The molecule has 2 aromatic carbocycles. The Labute approximate surface area is 116 Å². The van der Waals surface area contributed by atoms with Crippen LogP contribution in [0.1, 0.15) is 15.9 Å². The van der Waals surface area contributed by atoms with Crippen LogP contribution in [-0.4, -0.2) is 12.0 Å². The van der Waals surface area contributed by atoms with Crippen molar-refractivity contribution in [1.82, 2.24) is 0 Å². The third-order valence-electron chi connectivity index (χ3n) is 2.66. The molecule has 0 aliphatic rings. The van der Waals surface area contributed by atoms with E-state index in [9.17, 15) is 9.18 Å². The Kier molecular flexibility index (Phi) is 4.53. The Bertz CT molecular complexity index is 605. The van der Waals surface area contributed by atoms with Gasteiger partial charge in [-0.1, -0.05) is 36.4 Å². The van der Waals surface area contributed by atoms with E-state index in [0.29, 0.717) is 10.5 Å². The van der Waals surface area contributed by atoms with Crippen molar-refractivity contribution in [3.8, 4) is 0 Å². The molecule has 0 radical (unpaired) electrons. The average molecular weight is 272 g/mol. The van der Waals surface area contributed by atoms with Gasteiger partial charge in [0.25, 0.3) is 0 Å². The molecule has 0 bridgehead atoms. The van der Waals surface area contributed by atoms with Crippen molar-refractivity contribution in [2.45, 2.75) is 4.90 Å². The zero-order chi connectivity index (χ0) is 13.7. The summed E-state index contributed by atoms with van der Waals surface area (Å²) in [6.45, 7) is 0. The second kappa shape index (κ2) is 6.34. The molecule has 0 saturated heterocycles. The first-order chi connectivity index (χ1) is 9.20. The number of ketones is 1. The standard InChI is InChI=1S/C16H13FOS/c1-19-16-11-13(17)8-9-14(16)15(18)10-7-12-5-3-2-4-6-12/h2-11H,1H3/b10-7+. The van der Waals surface area contributed by atoms with Gasteiger partial charge in [0.2, 0.25) is 0 Å². The highest BCUT2D eigenvalue weighted by atomic mass is 32.2. The molecule has 0 heterocycles. The van der Waals surface area contributed by atoms with E-state index in [0.717, 1.165) is 5.56 Å². The van der Waals surface area contributed by atoms with E-state index < -0.39 is 0 Å². The quantitative estimate of drug-likeness (QED) is 0.465. The molecular weight excluding hydrogens is 259 g/mol. The number of allylic oxidation sites excluding steroid dienone is 1. The van der Waals surface area contributed by atoms with E-state index in [1.807, 2.05) is 36.6 Å². The zero-order valence-corrected chi connectivity index (χ0v) is 11.3. The van der Waals surface area contributed by atoms with Crippen molar-refractivity contribution >= 4 is 23.6 Å². The summed E-state index contributed by atoms with van der Waals surface area (Å²) in [5, 5.41) is 0. The molecule has 0 atom stereocenters. The Balaban J connectivity index is 2.23. The maximum Gasteiger partial charge on any atom is 0.186 e. The molecule has 0 N–H and O–H groups in total. The number of hydrogen-bond acceptors (Lipinski definition) is 2. The molecule has 0 amide bonds. The summed E-state index contributed by atoms with van der Waals surface area (Å²) in [6, 6.07) is 13.8. The highest BCUT2D eigenvalue weighted by molar-refractivity contribution is 7.98. The van der Waals surface area contributed by atoms with E-state index >= 15 is 0 Å². The minimum atomic E-state index is -0.326. The molecule has 0 spiro atoms. The van der Waals surface area contributed by atoms with Crippen molar-refractivity contribution in [2.75, 3.05) is 6.26 Å². The van der Waals surface area contributed by atoms with Crippen molar-refractivity contribution in [1.29, 1.82) is 0 Å². The largest absolute Gasteiger partial charge is 0.289 e. The molecule has 0 saturated carbocycles. The summed E-state index contributed by atoms with van der Waals surface area (Å²) in [4.78, 5) is 12.7. The number of carbonyl (C=O) groups excluding carboxylic acids is 1. The van der Waals surface area contributed by atoms with Gasteiger partial charge >= 0.3 is 0 Å². The lowest BCUT2D eigenvalue weighted by Gasteiger charge is -2.03. The second-order valence-electron chi connectivity index (χ2n) is 3.95. The van der Waals surface area contributed by atoms with Gasteiger partial charge in [0.15, 0.2) is 5.78 Å². The molecule has 0 fully saturated rings. The fourth-order valence-electron chi connectivity index (χ4n) is 1.69. The lowest BCUT2D eigenvalue weighted by molar-refractivity contribution is 0.104. The van der Waals surface area contributed by atoms with Crippen molar-refractivity contribution in [3.05, 3.63) is 71.6 Å². The van der Waals surface area contributed by atoms with Gasteiger partial charge in [-0.3, -0.25) is 4.79 Å². The van der Waals surface area contributed by atoms with Gasteiger partial charge in [-0.15, -0.1) is 11.8 Å². The van der Waals surface area contributed by atoms with Gasteiger partial charge in [-0.25, -0.2) is 4.39 Å². The molecule has 0 aliphatic heterocycles. The predicted octanol–water partition coefficient (Wildman–Crippen LogP) is 4.44. The van der Waals surface area contributed by atoms with Crippen LogP contribution in [0.3, 0.4) is 0 Å². The minimum Gasteiger partial charge on any atom is -0.289 e. The summed E-state index contributed by atoms with van der Waals surface area (Å²) >= 11 is 1.36. The summed E-state index contributed by atoms with van der Waals surface area (Å²) in [6.07, 6.45) is 5.10. The van der Waals surface area contributed by atoms with Gasteiger partial charge < -0.3 is 0 Å². The molecule has 0 aromatic heterocycles. The van der Waals surface area contributed by atoms with E-state index in [1.54, 1.807) is 6.08 Å². The number of benzene rings is 2. The lowest BCUT2D eigenvalue weighted by atomic mass is 10.1. The number of carbonyl (C=O) groups is 1. The van der Waals surface area contributed by atoms with Gasteiger partial charge in [0.05, 0.1) is 0 Å². The van der Waals surface area contributed by atoms with Crippen LogP contribution in [0, 0.1) is 5.82 Å². The predicted molar refractivity (Wildman–Crippen MR) is 78.0 cm³/mol. The molecular formula is C16H13FOS. The van der Waals surface area contributed by atoms with Gasteiger partial charge in [0, 0.05) is 10.5 Å². The molecule has 0 unspecified atom stereocenters. The number of thioether (sulfide) groups is 1.